The summed E-state index contributed by atoms with van der Waals surface area (Å²) in [5, 5.41) is 5.22. The normalized spacial score (nSPS) is 19.8. The largest absolute Gasteiger partial charge is 0.479 e. The number of ether oxygens (including phenoxy) is 1. The van der Waals surface area contributed by atoms with Crippen LogP contribution in [0.2, 0.25) is 0 Å². The van der Waals surface area contributed by atoms with Gasteiger partial charge in [-0.3, -0.25) is 9.59 Å². The van der Waals surface area contributed by atoms with E-state index in [4.69, 9.17) is 4.74 Å². The van der Waals surface area contributed by atoms with Gasteiger partial charge in [0.25, 0.3) is 5.91 Å². The Balaban J connectivity index is 1.42. The minimum Gasteiger partial charge on any atom is -0.479 e. The van der Waals surface area contributed by atoms with Gasteiger partial charge >= 0.3 is 0 Å². The molecule has 2 amide bonds. The SMILES string of the molecule is CC1Oc2ccc(S(=O)(=O)N3CCC(C(=O)Nc4ccccc4F)CC3)cc2NC1=O. The molecule has 1 unspecified atom stereocenters. The number of nitrogens with one attached hydrogen (secondary N) is 2. The van der Waals surface area contributed by atoms with Gasteiger partial charge < -0.3 is 15.4 Å². The molecule has 0 aliphatic carbocycles. The summed E-state index contributed by atoms with van der Waals surface area (Å²) >= 11 is 0. The van der Waals surface area contributed by atoms with Gasteiger partial charge in [-0.15, -0.1) is 0 Å². The minimum atomic E-state index is -3.81. The maximum absolute atomic E-state index is 13.8. The zero-order valence-corrected chi connectivity index (χ0v) is 17.6. The highest BCUT2D eigenvalue weighted by atomic mass is 32.2. The van der Waals surface area contributed by atoms with E-state index in [1.54, 1.807) is 13.0 Å². The van der Waals surface area contributed by atoms with Gasteiger partial charge in [0.2, 0.25) is 15.9 Å². The highest BCUT2D eigenvalue weighted by Crippen LogP contribution is 2.33. The number of benzene rings is 2. The number of rotatable bonds is 4. The fourth-order valence-electron chi connectivity index (χ4n) is 3.65. The predicted octanol–water partition coefficient (Wildman–Crippen LogP) is 2.58. The van der Waals surface area contributed by atoms with Gasteiger partial charge in [-0.25, -0.2) is 12.8 Å². The number of hydrogen-bond donors (Lipinski definition) is 2. The third-order valence-electron chi connectivity index (χ3n) is 5.48. The van der Waals surface area contributed by atoms with Gasteiger partial charge in [0, 0.05) is 19.0 Å². The standard InChI is InChI=1S/C21H22FN3O5S/c1-13-20(26)24-18-12-15(6-7-19(18)30-13)31(28,29)25-10-8-14(9-11-25)21(27)23-17-5-3-2-4-16(17)22/h2-7,12-14H,8-11H2,1H3,(H,23,27)(H,24,26). The second-order valence-corrected chi connectivity index (χ2v) is 9.49. The lowest BCUT2D eigenvalue weighted by molar-refractivity contribution is -0.123. The van der Waals surface area contributed by atoms with Crippen LogP contribution in [0.1, 0.15) is 19.8 Å². The lowest BCUT2D eigenvalue weighted by Gasteiger charge is -2.31. The number of amides is 2. The van der Waals surface area contributed by atoms with Gasteiger partial charge in [-0.1, -0.05) is 12.1 Å². The summed E-state index contributed by atoms with van der Waals surface area (Å²) in [7, 11) is -3.81. The van der Waals surface area contributed by atoms with E-state index in [2.05, 4.69) is 10.6 Å². The summed E-state index contributed by atoms with van der Waals surface area (Å²) < 4.78 is 46.6. The Kier molecular flexibility index (Phi) is 5.67. The molecule has 2 heterocycles. The zero-order chi connectivity index (χ0) is 22.2. The van der Waals surface area contributed by atoms with Crippen LogP contribution in [0.3, 0.4) is 0 Å². The van der Waals surface area contributed by atoms with Crippen LogP contribution >= 0.6 is 0 Å². The van der Waals surface area contributed by atoms with E-state index >= 15 is 0 Å². The molecule has 2 aromatic rings. The Labute approximate surface area is 179 Å². The molecule has 0 saturated carbocycles. The molecule has 1 saturated heterocycles. The van der Waals surface area contributed by atoms with Crippen LogP contribution in [0.4, 0.5) is 15.8 Å². The number of sulfonamides is 1. The molecule has 0 radical (unpaired) electrons. The van der Waals surface area contributed by atoms with Crippen molar-refractivity contribution in [3.8, 4) is 5.75 Å². The number of hydrogen-bond acceptors (Lipinski definition) is 5. The first-order valence-electron chi connectivity index (χ1n) is 9.93. The smallest absolute Gasteiger partial charge is 0.265 e. The van der Waals surface area contributed by atoms with E-state index in [-0.39, 0.29) is 35.5 Å². The number of nitrogens with zero attached hydrogens (tertiary/aromatic N) is 1. The van der Waals surface area contributed by atoms with Crippen LogP contribution in [0.15, 0.2) is 47.4 Å². The molecule has 10 heteroatoms. The van der Waals surface area contributed by atoms with Gasteiger partial charge in [-0.2, -0.15) is 4.31 Å². The molecule has 31 heavy (non-hydrogen) atoms. The van der Waals surface area contributed by atoms with Gasteiger partial charge in [0.15, 0.2) is 6.10 Å². The van der Waals surface area contributed by atoms with E-state index in [1.807, 2.05) is 0 Å². The molecule has 1 fully saturated rings. The van der Waals surface area contributed by atoms with Crippen molar-refractivity contribution < 1.29 is 27.1 Å². The van der Waals surface area contributed by atoms with Crippen LogP contribution in [-0.4, -0.2) is 43.7 Å². The highest BCUT2D eigenvalue weighted by molar-refractivity contribution is 7.89. The number of para-hydroxylation sites is 1. The molecule has 4 rings (SSSR count). The topological polar surface area (TPSA) is 105 Å². The number of carbonyl (C=O) groups excluding carboxylic acids is 2. The fourth-order valence-corrected chi connectivity index (χ4v) is 5.15. The Morgan fingerprint density at radius 2 is 1.90 bits per heavy atom. The van der Waals surface area contributed by atoms with Crippen molar-refractivity contribution >= 4 is 33.2 Å². The molecule has 1 atom stereocenters. The second kappa shape index (κ2) is 8.27. The van der Waals surface area contributed by atoms with Crippen molar-refractivity contribution in [2.24, 2.45) is 5.92 Å². The van der Waals surface area contributed by atoms with E-state index in [0.717, 1.165) is 0 Å². The summed E-state index contributed by atoms with van der Waals surface area (Å²) in [5.41, 5.74) is 0.415. The van der Waals surface area contributed by atoms with Gasteiger partial charge in [0.05, 0.1) is 16.3 Å². The first-order valence-corrected chi connectivity index (χ1v) is 11.4. The Hall–Kier alpha value is -2.98. The minimum absolute atomic E-state index is 0.0407. The average Bonchev–Trinajstić information content (AvgIpc) is 2.76. The van der Waals surface area contributed by atoms with Gasteiger partial charge in [0.1, 0.15) is 11.6 Å². The molecule has 2 N–H and O–H groups in total. The number of halogens is 1. The van der Waals surface area contributed by atoms with Crippen LogP contribution in [0.5, 0.6) is 5.75 Å². The number of carbonyl (C=O) groups is 2. The molecule has 0 aromatic heterocycles. The van der Waals surface area contributed by atoms with Crippen LogP contribution in [-0.2, 0) is 19.6 Å². The highest BCUT2D eigenvalue weighted by Gasteiger charge is 2.33. The molecule has 2 aliphatic rings. The lowest BCUT2D eigenvalue weighted by atomic mass is 9.97. The molecule has 2 aliphatic heterocycles. The number of fused-ring (bicyclic) bond motifs is 1. The summed E-state index contributed by atoms with van der Waals surface area (Å²) in [6.07, 6.45) is -0.00612. The zero-order valence-electron chi connectivity index (χ0n) is 16.8. The summed E-state index contributed by atoms with van der Waals surface area (Å²) in [6, 6.07) is 10.2. The third-order valence-corrected chi connectivity index (χ3v) is 7.37. The van der Waals surface area contributed by atoms with Crippen molar-refractivity contribution in [1.82, 2.24) is 4.31 Å². The molecular formula is C21H22FN3O5S. The lowest BCUT2D eigenvalue weighted by Crippen LogP contribution is -2.41. The molecule has 8 nitrogen and oxygen atoms in total. The quantitative estimate of drug-likeness (QED) is 0.750. The molecule has 164 valence electrons. The summed E-state index contributed by atoms with van der Waals surface area (Å²) in [4.78, 5) is 24.3. The van der Waals surface area contributed by atoms with Crippen molar-refractivity contribution in [1.29, 1.82) is 0 Å². The van der Waals surface area contributed by atoms with E-state index in [1.165, 1.54) is 40.7 Å². The fraction of sp³-hybridized carbons (Fsp3) is 0.333. The first-order chi connectivity index (χ1) is 14.8. The van der Waals surface area contributed by atoms with Crippen molar-refractivity contribution in [3.63, 3.8) is 0 Å². The monoisotopic (exact) mass is 447 g/mol. The summed E-state index contributed by atoms with van der Waals surface area (Å²) in [5.74, 6) is -1.19. The average molecular weight is 447 g/mol. The Morgan fingerprint density at radius 3 is 2.61 bits per heavy atom. The third kappa shape index (κ3) is 4.26. The summed E-state index contributed by atoms with van der Waals surface area (Å²) in [6.45, 7) is 1.93. The van der Waals surface area contributed by atoms with E-state index in [0.29, 0.717) is 24.3 Å². The predicted molar refractivity (Wildman–Crippen MR) is 112 cm³/mol. The van der Waals surface area contributed by atoms with E-state index in [9.17, 15) is 22.4 Å². The molecular weight excluding hydrogens is 425 g/mol. The maximum atomic E-state index is 13.8. The maximum Gasteiger partial charge on any atom is 0.265 e. The molecule has 2 aromatic carbocycles. The number of piperidine rings is 1. The van der Waals surface area contributed by atoms with Crippen LogP contribution in [0.25, 0.3) is 0 Å². The van der Waals surface area contributed by atoms with Crippen molar-refractivity contribution in [2.75, 3.05) is 23.7 Å². The Bertz CT molecular complexity index is 1130. The van der Waals surface area contributed by atoms with Gasteiger partial charge in [-0.05, 0) is 50.1 Å². The number of anilines is 2. The molecule has 0 spiro atoms. The second-order valence-electron chi connectivity index (χ2n) is 7.55. The van der Waals surface area contributed by atoms with Crippen molar-refractivity contribution in [3.05, 3.63) is 48.3 Å². The van der Waals surface area contributed by atoms with Crippen LogP contribution in [0, 0.1) is 11.7 Å². The molecule has 0 bridgehead atoms. The Morgan fingerprint density at radius 1 is 1.19 bits per heavy atom. The van der Waals surface area contributed by atoms with E-state index < -0.39 is 27.9 Å². The first kappa shape index (κ1) is 21.3. The van der Waals surface area contributed by atoms with Crippen LogP contribution < -0.4 is 15.4 Å². The van der Waals surface area contributed by atoms with Crippen molar-refractivity contribution in [2.45, 2.75) is 30.8 Å².